The molecule has 0 spiro atoms. The Hall–Kier alpha value is -2.00. The molecule has 1 aliphatic heterocycles. The molecule has 0 aliphatic carbocycles. The Morgan fingerprint density at radius 2 is 1.88 bits per heavy atom. The maximum Gasteiger partial charge on any atom is 0.431 e. The molecule has 0 saturated carbocycles. The van der Waals surface area contributed by atoms with Gasteiger partial charge in [0.15, 0.2) is 5.69 Å². The van der Waals surface area contributed by atoms with E-state index in [2.05, 4.69) is 20.7 Å². The maximum atomic E-state index is 13.0. The zero-order valence-electron chi connectivity index (χ0n) is 13.0. The molecular weight excluding hydrogens is 402 g/mol. The topological polar surface area (TPSA) is 40.8 Å². The van der Waals surface area contributed by atoms with Crippen LogP contribution in [0.2, 0.25) is 0 Å². The summed E-state index contributed by atoms with van der Waals surface area (Å²) in [6.07, 6.45) is -9.93. The summed E-state index contributed by atoms with van der Waals surface area (Å²) in [4.78, 5) is 2.65. The molecule has 0 bridgehead atoms. The van der Waals surface area contributed by atoms with Gasteiger partial charge in [0.05, 0.1) is 12.1 Å². The zero-order chi connectivity index (χ0) is 19.0. The monoisotopic (exact) mass is 414 g/mol. The number of alkyl halides is 6. The van der Waals surface area contributed by atoms with Crippen molar-refractivity contribution in [1.29, 1.82) is 0 Å². The SMILES string of the molecule is S.[C-]#[N+]c1ccc(NC(=S)[C@]2(C)CC(C(F)(F)F)=NN2)cc1C(F)(F)F. The zero-order valence-corrected chi connectivity index (χ0v) is 14.8. The Bertz CT molecular complexity index is 781. The Kier molecular flexibility index (Phi) is 6.20. The summed E-state index contributed by atoms with van der Waals surface area (Å²) in [5, 5.41) is 5.69. The van der Waals surface area contributed by atoms with Gasteiger partial charge in [0.2, 0.25) is 0 Å². The van der Waals surface area contributed by atoms with Crippen LogP contribution < -0.4 is 10.7 Å². The second-order valence-corrected chi connectivity index (χ2v) is 5.88. The van der Waals surface area contributed by atoms with Crippen molar-refractivity contribution >= 4 is 47.8 Å². The minimum Gasteiger partial charge on any atom is -0.348 e. The fraction of sp³-hybridized carbons (Fsp3) is 0.357. The standard InChI is InChI=1S/C14H10F6N4S.H2S/c1-12(6-10(23-24-12)14(18,19)20)11(25)22-7-3-4-9(21-2)8(5-7)13(15,16)17;/h3-5,24H,6H2,1H3,(H,22,25);1H2/t12-;/m0./s1. The van der Waals surface area contributed by atoms with Crippen LogP contribution in [0.15, 0.2) is 23.3 Å². The molecule has 0 saturated heterocycles. The number of hydrogen-bond acceptors (Lipinski definition) is 3. The van der Waals surface area contributed by atoms with Crippen LogP contribution >= 0.6 is 25.7 Å². The van der Waals surface area contributed by atoms with E-state index in [4.69, 9.17) is 18.8 Å². The van der Waals surface area contributed by atoms with E-state index in [9.17, 15) is 26.3 Å². The number of thiocarbonyl (C=S) groups is 1. The number of rotatable bonds is 2. The fourth-order valence-electron chi connectivity index (χ4n) is 2.11. The lowest BCUT2D eigenvalue weighted by atomic mass is 9.96. The van der Waals surface area contributed by atoms with Crippen molar-refractivity contribution in [3.63, 3.8) is 0 Å². The minimum absolute atomic E-state index is 0. The lowest BCUT2D eigenvalue weighted by molar-refractivity contribution is -0.136. The largest absolute Gasteiger partial charge is 0.431 e. The molecule has 26 heavy (non-hydrogen) atoms. The van der Waals surface area contributed by atoms with Crippen LogP contribution in [-0.2, 0) is 6.18 Å². The first-order chi connectivity index (χ1) is 11.4. The van der Waals surface area contributed by atoms with E-state index < -0.39 is 41.3 Å². The molecule has 1 aromatic carbocycles. The number of halogens is 6. The summed E-state index contributed by atoms with van der Waals surface area (Å²) in [6, 6.07) is 2.84. The lowest BCUT2D eigenvalue weighted by Gasteiger charge is -2.26. The van der Waals surface area contributed by atoms with Crippen LogP contribution in [0, 0.1) is 6.57 Å². The molecule has 142 valence electrons. The number of nitrogens with one attached hydrogen (secondary N) is 2. The summed E-state index contributed by atoms with van der Waals surface area (Å²) < 4.78 is 76.9. The minimum atomic E-state index is -4.75. The van der Waals surface area contributed by atoms with Gasteiger partial charge < -0.3 is 5.32 Å². The first-order valence-electron chi connectivity index (χ1n) is 6.68. The Morgan fingerprint density at radius 1 is 1.27 bits per heavy atom. The number of benzene rings is 1. The number of hydrazone groups is 1. The number of anilines is 1. The molecule has 0 unspecified atom stereocenters. The van der Waals surface area contributed by atoms with E-state index in [1.165, 1.54) is 13.0 Å². The molecular formula is C14H12F6N4S2. The predicted molar refractivity (Wildman–Crippen MR) is 94.0 cm³/mol. The molecule has 1 atom stereocenters. The van der Waals surface area contributed by atoms with Crippen molar-refractivity contribution in [2.24, 2.45) is 5.10 Å². The molecule has 0 aromatic heterocycles. The van der Waals surface area contributed by atoms with Crippen LogP contribution in [0.5, 0.6) is 0 Å². The Morgan fingerprint density at radius 3 is 2.35 bits per heavy atom. The summed E-state index contributed by atoms with van der Waals surface area (Å²) in [6.45, 7) is 8.12. The van der Waals surface area contributed by atoms with Gasteiger partial charge in [-0.3, -0.25) is 5.43 Å². The van der Waals surface area contributed by atoms with Crippen molar-refractivity contribution in [2.45, 2.75) is 31.2 Å². The molecule has 12 heteroatoms. The van der Waals surface area contributed by atoms with Crippen molar-refractivity contribution < 1.29 is 26.3 Å². The first kappa shape index (κ1) is 22.0. The third kappa shape index (κ3) is 4.59. The van der Waals surface area contributed by atoms with Crippen LogP contribution in [0.4, 0.5) is 37.7 Å². The summed E-state index contributed by atoms with van der Waals surface area (Å²) in [5.41, 5.74) is -2.01. The molecule has 0 amide bonds. The third-order valence-electron chi connectivity index (χ3n) is 3.47. The van der Waals surface area contributed by atoms with Gasteiger partial charge in [-0.15, -0.1) is 0 Å². The average molecular weight is 414 g/mol. The molecule has 1 aromatic rings. The maximum absolute atomic E-state index is 13.0. The summed E-state index contributed by atoms with van der Waals surface area (Å²) >= 11 is 5.03. The smallest absolute Gasteiger partial charge is 0.348 e. The van der Waals surface area contributed by atoms with Gasteiger partial charge in [-0.25, -0.2) is 4.85 Å². The van der Waals surface area contributed by atoms with Crippen molar-refractivity contribution in [3.8, 4) is 0 Å². The Labute approximate surface area is 156 Å². The highest BCUT2D eigenvalue weighted by molar-refractivity contribution is 7.80. The highest BCUT2D eigenvalue weighted by atomic mass is 32.1. The van der Waals surface area contributed by atoms with Gasteiger partial charge in [-0.2, -0.15) is 44.9 Å². The normalized spacial score (nSPS) is 19.7. The number of nitrogens with zero attached hydrogens (tertiary/aromatic N) is 2. The lowest BCUT2D eigenvalue weighted by Crippen LogP contribution is -2.47. The average Bonchev–Trinajstić information content (AvgIpc) is 2.90. The van der Waals surface area contributed by atoms with Crippen LogP contribution in [0.1, 0.15) is 18.9 Å². The van der Waals surface area contributed by atoms with Crippen LogP contribution in [0.3, 0.4) is 0 Å². The van der Waals surface area contributed by atoms with Crippen LogP contribution in [0.25, 0.3) is 4.85 Å². The van der Waals surface area contributed by atoms with Gasteiger partial charge in [-0.1, -0.05) is 18.3 Å². The molecule has 0 radical (unpaired) electrons. The van der Waals surface area contributed by atoms with Gasteiger partial charge in [0, 0.05) is 12.1 Å². The second-order valence-electron chi connectivity index (χ2n) is 5.47. The van der Waals surface area contributed by atoms with E-state index in [-0.39, 0.29) is 24.2 Å². The molecule has 4 nitrogen and oxygen atoms in total. The molecule has 2 rings (SSSR count). The van der Waals surface area contributed by atoms with Crippen LogP contribution in [-0.4, -0.2) is 22.4 Å². The van der Waals surface area contributed by atoms with Gasteiger partial charge in [0.25, 0.3) is 0 Å². The highest BCUT2D eigenvalue weighted by Gasteiger charge is 2.46. The molecule has 1 aliphatic rings. The van der Waals surface area contributed by atoms with Gasteiger partial charge in [0.1, 0.15) is 16.2 Å². The van der Waals surface area contributed by atoms with E-state index in [0.29, 0.717) is 6.07 Å². The highest BCUT2D eigenvalue weighted by Crippen LogP contribution is 2.38. The third-order valence-corrected chi connectivity index (χ3v) is 4.02. The first-order valence-corrected chi connectivity index (χ1v) is 7.09. The van der Waals surface area contributed by atoms with Gasteiger partial charge >= 0.3 is 12.4 Å². The van der Waals surface area contributed by atoms with E-state index in [0.717, 1.165) is 6.07 Å². The van der Waals surface area contributed by atoms with E-state index in [1.54, 1.807) is 0 Å². The predicted octanol–water partition coefficient (Wildman–Crippen LogP) is 4.78. The molecule has 1 heterocycles. The Balaban J connectivity index is 0.00000338. The van der Waals surface area contributed by atoms with Crippen molar-refractivity contribution in [1.82, 2.24) is 5.43 Å². The van der Waals surface area contributed by atoms with Crippen molar-refractivity contribution in [2.75, 3.05) is 5.32 Å². The fourth-order valence-corrected chi connectivity index (χ4v) is 2.34. The molecule has 0 fully saturated rings. The van der Waals surface area contributed by atoms with E-state index in [1.807, 2.05) is 0 Å². The van der Waals surface area contributed by atoms with Crippen molar-refractivity contribution in [3.05, 3.63) is 35.2 Å². The summed E-state index contributed by atoms with van der Waals surface area (Å²) in [5.74, 6) is 0. The van der Waals surface area contributed by atoms with Gasteiger partial charge in [-0.05, 0) is 19.1 Å². The number of hydrogen-bond donors (Lipinski definition) is 2. The quantitative estimate of drug-likeness (QED) is 0.416. The molecule has 2 N–H and O–H groups in total. The van der Waals surface area contributed by atoms with E-state index >= 15 is 0 Å². The second kappa shape index (κ2) is 7.32. The summed E-state index contributed by atoms with van der Waals surface area (Å²) in [7, 11) is 0.